The number of likely N-dealkylation sites (N-methyl/N-ethyl adjacent to an activating group) is 1. The summed E-state index contributed by atoms with van der Waals surface area (Å²) in [5, 5.41) is 0. The first kappa shape index (κ1) is 18.1. The second-order valence-electron chi connectivity index (χ2n) is 7.17. The van der Waals surface area contributed by atoms with Crippen molar-refractivity contribution in [3.05, 3.63) is 42.0 Å². The molecule has 0 aromatic heterocycles. The van der Waals surface area contributed by atoms with E-state index in [-0.39, 0.29) is 11.6 Å². The summed E-state index contributed by atoms with van der Waals surface area (Å²) in [7, 11) is 1.57. The van der Waals surface area contributed by atoms with E-state index in [0.717, 1.165) is 10.6 Å². The number of guanidine groups is 1. The quantitative estimate of drug-likeness (QED) is 0.792. The number of hydrogen-bond acceptors (Lipinski definition) is 6. The average molecular weight is 385 g/mol. The Morgan fingerprint density at radius 1 is 1.21 bits per heavy atom. The first-order valence-electron chi connectivity index (χ1n) is 8.93. The number of amides is 3. The van der Waals surface area contributed by atoms with Gasteiger partial charge in [-0.2, -0.15) is 0 Å². The summed E-state index contributed by atoms with van der Waals surface area (Å²) >= 11 is 0. The molecule has 3 aliphatic rings. The number of nitrogens with zero attached hydrogens (tertiary/aromatic N) is 5. The minimum absolute atomic E-state index is 0.270. The van der Waals surface area contributed by atoms with Crippen LogP contribution in [0.2, 0.25) is 0 Å². The van der Waals surface area contributed by atoms with Crippen LogP contribution in [0.1, 0.15) is 20.8 Å². The van der Waals surface area contributed by atoms with E-state index in [4.69, 9.17) is 0 Å². The van der Waals surface area contributed by atoms with Crippen LogP contribution in [0.4, 0.5) is 14.9 Å². The van der Waals surface area contributed by atoms with Crippen LogP contribution in [0.5, 0.6) is 0 Å². The third kappa shape index (κ3) is 2.42. The van der Waals surface area contributed by atoms with E-state index in [2.05, 4.69) is 4.99 Å². The van der Waals surface area contributed by atoms with Gasteiger partial charge in [-0.1, -0.05) is 0 Å². The van der Waals surface area contributed by atoms with Crippen molar-refractivity contribution in [1.82, 2.24) is 14.7 Å². The van der Waals surface area contributed by atoms with Crippen LogP contribution in [0.15, 0.2) is 41.2 Å². The molecule has 1 aromatic carbocycles. The van der Waals surface area contributed by atoms with E-state index in [1.807, 2.05) is 11.8 Å². The Balaban J connectivity index is 1.73. The largest absolute Gasteiger partial charge is 0.328 e. The van der Waals surface area contributed by atoms with E-state index in [1.54, 1.807) is 37.2 Å². The first-order chi connectivity index (χ1) is 13.2. The lowest BCUT2D eigenvalue weighted by Crippen LogP contribution is -2.66. The third-order valence-corrected chi connectivity index (χ3v) is 5.39. The molecule has 4 rings (SSSR count). The predicted octanol–water partition coefficient (Wildman–Crippen LogP) is 1.74. The molecule has 9 heteroatoms. The van der Waals surface area contributed by atoms with Crippen molar-refractivity contribution in [2.45, 2.75) is 39.0 Å². The van der Waals surface area contributed by atoms with Gasteiger partial charge in [0.1, 0.15) is 5.82 Å². The molecule has 3 unspecified atom stereocenters. The van der Waals surface area contributed by atoms with Gasteiger partial charge in [0.15, 0.2) is 18.0 Å². The average Bonchev–Trinajstić information content (AvgIpc) is 3.15. The Kier molecular flexibility index (Phi) is 3.99. The number of urea groups is 1. The highest BCUT2D eigenvalue weighted by atomic mass is 19.1. The van der Waals surface area contributed by atoms with Crippen LogP contribution in [-0.2, 0) is 9.59 Å². The molecule has 3 aliphatic heterocycles. The monoisotopic (exact) mass is 385 g/mol. The lowest BCUT2D eigenvalue weighted by atomic mass is 10.1. The van der Waals surface area contributed by atoms with Crippen molar-refractivity contribution in [1.29, 1.82) is 0 Å². The van der Waals surface area contributed by atoms with Crippen LogP contribution in [0.25, 0.3) is 0 Å². The standard InChI is InChI=1S/C19H20FN5O3/c1-10-9-23-15-16(21-18(23)24(10)14-7-5-13(20)6-8-14)22(4)19(28)25(17(15)27)11(2)12(3)26/h5-9,11,15-16H,1-4H3. The van der Waals surface area contributed by atoms with Crippen molar-refractivity contribution in [2.24, 2.45) is 4.99 Å². The number of hydrogen-bond donors (Lipinski definition) is 0. The number of benzene rings is 1. The van der Waals surface area contributed by atoms with Crippen molar-refractivity contribution in [3.8, 4) is 0 Å². The Morgan fingerprint density at radius 3 is 2.46 bits per heavy atom. The summed E-state index contributed by atoms with van der Waals surface area (Å²) < 4.78 is 13.3. The highest BCUT2D eigenvalue weighted by molar-refractivity contribution is 6.11. The summed E-state index contributed by atoms with van der Waals surface area (Å²) in [6, 6.07) is 3.81. The number of Topliss-reactive ketones (excluding diaryl/α,β-unsaturated/α-hetero) is 1. The van der Waals surface area contributed by atoms with Crippen molar-refractivity contribution in [2.75, 3.05) is 11.9 Å². The van der Waals surface area contributed by atoms with E-state index in [1.165, 1.54) is 24.0 Å². The molecule has 3 atom stereocenters. The zero-order valence-electron chi connectivity index (χ0n) is 16.0. The lowest BCUT2D eigenvalue weighted by Gasteiger charge is -2.41. The van der Waals surface area contributed by atoms with Gasteiger partial charge in [-0.15, -0.1) is 0 Å². The van der Waals surface area contributed by atoms with Gasteiger partial charge in [0, 0.05) is 24.6 Å². The highest BCUT2D eigenvalue weighted by Crippen LogP contribution is 2.36. The molecule has 8 nitrogen and oxygen atoms in total. The fraction of sp³-hybridized carbons (Fsp3) is 0.368. The van der Waals surface area contributed by atoms with E-state index in [9.17, 15) is 18.8 Å². The maximum absolute atomic E-state index is 13.3. The molecule has 1 aromatic rings. The topological polar surface area (TPSA) is 76.5 Å². The van der Waals surface area contributed by atoms with Crippen LogP contribution in [-0.4, -0.2) is 63.7 Å². The van der Waals surface area contributed by atoms with E-state index < -0.39 is 30.2 Å². The molecule has 28 heavy (non-hydrogen) atoms. The Hall–Kier alpha value is -3.23. The zero-order valence-corrected chi connectivity index (χ0v) is 16.0. The molecule has 146 valence electrons. The molecule has 1 saturated heterocycles. The molecule has 0 N–H and O–H groups in total. The fourth-order valence-electron chi connectivity index (χ4n) is 3.76. The van der Waals surface area contributed by atoms with Gasteiger partial charge >= 0.3 is 6.03 Å². The van der Waals surface area contributed by atoms with Gasteiger partial charge in [-0.25, -0.2) is 14.2 Å². The van der Waals surface area contributed by atoms with Crippen LogP contribution in [0.3, 0.4) is 0 Å². The summed E-state index contributed by atoms with van der Waals surface area (Å²) in [5.74, 6) is -0.587. The number of carbonyl (C=O) groups is 3. The summed E-state index contributed by atoms with van der Waals surface area (Å²) in [5.41, 5.74) is 1.51. The van der Waals surface area contributed by atoms with Crippen LogP contribution >= 0.6 is 0 Å². The first-order valence-corrected chi connectivity index (χ1v) is 8.93. The molecular formula is C19H20FN5O3. The van der Waals surface area contributed by atoms with Gasteiger partial charge in [0.05, 0.1) is 6.04 Å². The highest BCUT2D eigenvalue weighted by Gasteiger charge is 2.55. The lowest BCUT2D eigenvalue weighted by molar-refractivity contribution is -0.142. The number of carbonyl (C=O) groups excluding carboxylic acids is 3. The number of fused-ring (bicyclic) bond motifs is 3. The Morgan fingerprint density at radius 2 is 1.86 bits per heavy atom. The second-order valence-corrected chi connectivity index (χ2v) is 7.17. The smallest absolute Gasteiger partial charge is 0.302 e. The van der Waals surface area contributed by atoms with Crippen molar-refractivity contribution < 1.29 is 18.8 Å². The number of rotatable bonds is 3. The van der Waals surface area contributed by atoms with Crippen LogP contribution in [0, 0.1) is 5.82 Å². The predicted molar refractivity (Wildman–Crippen MR) is 99.6 cm³/mol. The van der Waals surface area contributed by atoms with Gasteiger partial charge in [0.25, 0.3) is 5.91 Å². The number of aliphatic imine (C=N–C) groups is 1. The van der Waals surface area contributed by atoms with Crippen molar-refractivity contribution >= 4 is 29.4 Å². The SMILES string of the molecule is CC(=O)C(C)N1C(=O)C2C(N=C3N(c4ccc(F)cc4)C(C)=CN32)N(C)C1=O. The molecule has 3 heterocycles. The molecule has 0 bridgehead atoms. The summed E-state index contributed by atoms with van der Waals surface area (Å²) in [4.78, 5) is 48.2. The maximum Gasteiger partial charge on any atom is 0.328 e. The van der Waals surface area contributed by atoms with Gasteiger partial charge in [-0.3, -0.25) is 19.4 Å². The summed E-state index contributed by atoms with van der Waals surface area (Å²) in [6.07, 6.45) is 1.09. The van der Waals surface area contributed by atoms with Gasteiger partial charge in [0.2, 0.25) is 5.96 Å². The molecule has 3 amide bonds. The number of anilines is 1. The Labute approximate surface area is 161 Å². The second kappa shape index (κ2) is 6.15. The molecule has 0 aliphatic carbocycles. The van der Waals surface area contributed by atoms with Crippen molar-refractivity contribution in [3.63, 3.8) is 0 Å². The minimum atomic E-state index is -0.853. The zero-order chi connectivity index (χ0) is 20.3. The normalized spacial score (nSPS) is 24.9. The molecule has 1 fully saturated rings. The number of imide groups is 1. The molecule has 0 radical (unpaired) electrons. The number of halogens is 1. The molecular weight excluding hydrogens is 365 g/mol. The molecule has 0 spiro atoms. The van der Waals surface area contributed by atoms with E-state index >= 15 is 0 Å². The van der Waals surface area contributed by atoms with E-state index in [0.29, 0.717) is 11.6 Å². The minimum Gasteiger partial charge on any atom is -0.302 e. The maximum atomic E-state index is 13.3. The fourth-order valence-corrected chi connectivity index (χ4v) is 3.76. The Bertz CT molecular complexity index is 941. The summed E-state index contributed by atoms with van der Waals surface area (Å²) in [6.45, 7) is 4.75. The van der Waals surface area contributed by atoms with Gasteiger partial charge < -0.3 is 9.80 Å². The van der Waals surface area contributed by atoms with Gasteiger partial charge in [-0.05, 0) is 45.0 Å². The third-order valence-electron chi connectivity index (χ3n) is 5.39. The van der Waals surface area contributed by atoms with Crippen LogP contribution < -0.4 is 4.90 Å². The molecule has 0 saturated carbocycles. The number of allylic oxidation sites excluding steroid dienone is 1. The number of ketones is 1.